The van der Waals surface area contributed by atoms with Gasteiger partial charge in [0.15, 0.2) is 11.5 Å². The molecule has 0 unspecified atom stereocenters. The highest BCUT2D eigenvalue weighted by Gasteiger charge is 2.18. The number of carbonyl (C=O) groups is 1. The Morgan fingerprint density at radius 2 is 1.87 bits per heavy atom. The standard InChI is InChI=1S/C16H15NO6/c1-21-14-8-4-7-13(15(14)22-2)16(18)23-10-11-5-3-6-12(9-11)17(19)20/h3-9H,10H2,1-2H3. The lowest BCUT2D eigenvalue weighted by molar-refractivity contribution is -0.384. The highest BCUT2D eigenvalue weighted by molar-refractivity contribution is 5.93. The summed E-state index contributed by atoms with van der Waals surface area (Å²) < 4.78 is 15.5. The first-order valence-electron chi connectivity index (χ1n) is 6.68. The van der Waals surface area contributed by atoms with Gasteiger partial charge >= 0.3 is 5.97 Å². The Labute approximate surface area is 132 Å². The predicted octanol–water partition coefficient (Wildman–Crippen LogP) is 2.97. The molecule has 0 aromatic heterocycles. The molecule has 2 rings (SSSR count). The number of para-hydroxylation sites is 1. The Hall–Kier alpha value is -3.09. The van der Waals surface area contributed by atoms with Crippen molar-refractivity contribution >= 4 is 11.7 Å². The Kier molecular flexibility index (Phi) is 5.14. The van der Waals surface area contributed by atoms with Crippen LogP contribution in [0.1, 0.15) is 15.9 Å². The van der Waals surface area contributed by atoms with Crippen LogP contribution >= 0.6 is 0 Å². The maximum Gasteiger partial charge on any atom is 0.342 e. The Balaban J connectivity index is 2.14. The molecule has 0 fully saturated rings. The number of hydrogen-bond acceptors (Lipinski definition) is 6. The first-order valence-corrected chi connectivity index (χ1v) is 6.68. The van der Waals surface area contributed by atoms with E-state index in [1.807, 2.05) is 0 Å². The molecule has 2 aromatic carbocycles. The fourth-order valence-corrected chi connectivity index (χ4v) is 2.03. The number of nitrogens with zero attached hydrogens (tertiary/aromatic N) is 1. The fourth-order valence-electron chi connectivity index (χ4n) is 2.03. The summed E-state index contributed by atoms with van der Waals surface area (Å²) in [6, 6.07) is 10.8. The number of ether oxygens (including phenoxy) is 3. The summed E-state index contributed by atoms with van der Waals surface area (Å²) in [5.74, 6) is 0.0867. The van der Waals surface area contributed by atoms with E-state index in [1.165, 1.54) is 32.4 Å². The van der Waals surface area contributed by atoms with Crippen LogP contribution in [0, 0.1) is 10.1 Å². The van der Waals surface area contributed by atoms with Crippen molar-refractivity contribution in [1.29, 1.82) is 0 Å². The highest BCUT2D eigenvalue weighted by Crippen LogP contribution is 2.31. The average molecular weight is 317 g/mol. The number of non-ortho nitro benzene ring substituents is 1. The van der Waals surface area contributed by atoms with Gasteiger partial charge in [-0.25, -0.2) is 4.79 Å². The van der Waals surface area contributed by atoms with Crippen LogP contribution in [0.25, 0.3) is 0 Å². The number of benzene rings is 2. The molecule has 0 saturated heterocycles. The van der Waals surface area contributed by atoms with Gasteiger partial charge in [-0.3, -0.25) is 10.1 Å². The molecule has 0 spiro atoms. The van der Waals surface area contributed by atoms with Crippen molar-refractivity contribution in [2.24, 2.45) is 0 Å². The van der Waals surface area contributed by atoms with Crippen molar-refractivity contribution in [3.63, 3.8) is 0 Å². The molecule has 0 N–H and O–H groups in total. The lowest BCUT2D eigenvalue weighted by Gasteiger charge is -2.12. The first-order chi connectivity index (χ1) is 11.1. The van der Waals surface area contributed by atoms with Gasteiger partial charge in [0.25, 0.3) is 5.69 Å². The normalized spacial score (nSPS) is 10.0. The van der Waals surface area contributed by atoms with Gasteiger partial charge in [-0.1, -0.05) is 18.2 Å². The number of hydrogen-bond donors (Lipinski definition) is 0. The van der Waals surface area contributed by atoms with E-state index in [1.54, 1.807) is 24.3 Å². The van der Waals surface area contributed by atoms with E-state index in [0.29, 0.717) is 11.3 Å². The van der Waals surface area contributed by atoms with Crippen LogP contribution < -0.4 is 9.47 Å². The van der Waals surface area contributed by atoms with Crippen molar-refractivity contribution in [2.75, 3.05) is 14.2 Å². The van der Waals surface area contributed by atoms with Crippen LogP contribution in [0.4, 0.5) is 5.69 Å². The molecule has 7 heteroatoms. The van der Waals surface area contributed by atoms with Gasteiger partial charge in [0, 0.05) is 12.1 Å². The topological polar surface area (TPSA) is 87.9 Å². The van der Waals surface area contributed by atoms with E-state index < -0.39 is 10.9 Å². The van der Waals surface area contributed by atoms with E-state index in [2.05, 4.69) is 0 Å². The third-order valence-electron chi connectivity index (χ3n) is 3.11. The molecule has 0 amide bonds. The molecule has 7 nitrogen and oxygen atoms in total. The molecule has 120 valence electrons. The minimum atomic E-state index is -0.604. The number of methoxy groups -OCH3 is 2. The minimum absolute atomic E-state index is 0.0579. The summed E-state index contributed by atoms with van der Waals surface area (Å²) >= 11 is 0. The van der Waals surface area contributed by atoms with Crippen LogP contribution in [-0.2, 0) is 11.3 Å². The molecular formula is C16H15NO6. The van der Waals surface area contributed by atoms with Gasteiger partial charge < -0.3 is 14.2 Å². The first kappa shape index (κ1) is 16.3. The largest absolute Gasteiger partial charge is 0.493 e. The van der Waals surface area contributed by atoms with E-state index in [9.17, 15) is 14.9 Å². The van der Waals surface area contributed by atoms with Crippen molar-refractivity contribution in [3.8, 4) is 11.5 Å². The van der Waals surface area contributed by atoms with E-state index in [-0.39, 0.29) is 23.6 Å². The number of nitro benzene ring substituents is 1. The second kappa shape index (κ2) is 7.26. The van der Waals surface area contributed by atoms with Crippen LogP contribution in [0.2, 0.25) is 0 Å². The van der Waals surface area contributed by atoms with Crippen LogP contribution in [-0.4, -0.2) is 25.1 Å². The van der Waals surface area contributed by atoms with Gasteiger partial charge in [-0.05, 0) is 17.7 Å². The third kappa shape index (κ3) is 3.76. The molecule has 0 atom stereocenters. The molecule has 0 saturated carbocycles. The lowest BCUT2D eigenvalue weighted by atomic mass is 10.2. The molecule has 0 aliphatic carbocycles. The molecule has 2 aromatic rings. The van der Waals surface area contributed by atoms with Crippen molar-refractivity contribution < 1.29 is 23.9 Å². The molecule has 0 aliphatic heterocycles. The Morgan fingerprint density at radius 3 is 2.52 bits per heavy atom. The molecule has 23 heavy (non-hydrogen) atoms. The van der Waals surface area contributed by atoms with Crippen molar-refractivity contribution in [1.82, 2.24) is 0 Å². The summed E-state index contributed by atoms with van der Waals surface area (Å²) in [4.78, 5) is 22.4. The maximum absolute atomic E-state index is 12.2. The SMILES string of the molecule is COc1cccc(C(=O)OCc2cccc([N+](=O)[O-])c2)c1OC. The van der Waals surface area contributed by atoms with Gasteiger partial charge in [0.05, 0.1) is 19.1 Å². The quantitative estimate of drug-likeness (QED) is 0.462. The number of esters is 1. The van der Waals surface area contributed by atoms with Crippen molar-refractivity contribution in [2.45, 2.75) is 6.61 Å². The van der Waals surface area contributed by atoms with Gasteiger partial charge in [-0.15, -0.1) is 0 Å². The van der Waals surface area contributed by atoms with Crippen LogP contribution in [0.5, 0.6) is 11.5 Å². The zero-order valence-corrected chi connectivity index (χ0v) is 12.6. The summed E-state index contributed by atoms with van der Waals surface area (Å²) in [6.07, 6.45) is 0. The molecular weight excluding hydrogens is 302 g/mol. The van der Waals surface area contributed by atoms with Crippen LogP contribution in [0.3, 0.4) is 0 Å². The summed E-state index contributed by atoms with van der Waals surface area (Å²) in [6.45, 7) is -0.0825. The number of carbonyl (C=O) groups excluding carboxylic acids is 1. The lowest BCUT2D eigenvalue weighted by Crippen LogP contribution is -2.08. The minimum Gasteiger partial charge on any atom is -0.493 e. The summed E-state index contributed by atoms with van der Waals surface area (Å²) in [5, 5.41) is 10.7. The average Bonchev–Trinajstić information content (AvgIpc) is 2.58. The van der Waals surface area contributed by atoms with Crippen molar-refractivity contribution in [3.05, 3.63) is 63.7 Å². The van der Waals surface area contributed by atoms with E-state index in [0.717, 1.165) is 0 Å². The predicted molar refractivity (Wildman–Crippen MR) is 81.8 cm³/mol. The zero-order chi connectivity index (χ0) is 16.8. The monoisotopic (exact) mass is 317 g/mol. The van der Waals surface area contributed by atoms with Gasteiger partial charge in [0.2, 0.25) is 0 Å². The van der Waals surface area contributed by atoms with E-state index in [4.69, 9.17) is 14.2 Å². The smallest absolute Gasteiger partial charge is 0.342 e. The molecule has 0 aliphatic rings. The second-order valence-electron chi connectivity index (χ2n) is 4.54. The van der Waals surface area contributed by atoms with Crippen LogP contribution in [0.15, 0.2) is 42.5 Å². The van der Waals surface area contributed by atoms with E-state index >= 15 is 0 Å². The fraction of sp³-hybridized carbons (Fsp3) is 0.188. The summed E-state index contributed by atoms with van der Waals surface area (Å²) in [5.41, 5.74) is 0.684. The number of rotatable bonds is 6. The second-order valence-corrected chi connectivity index (χ2v) is 4.54. The number of nitro groups is 1. The van der Waals surface area contributed by atoms with Gasteiger partial charge in [-0.2, -0.15) is 0 Å². The Bertz CT molecular complexity index is 728. The molecule has 0 bridgehead atoms. The van der Waals surface area contributed by atoms with Gasteiger partial charge in [0.1, 0.15) is 12.2 Å². The third-order valence-corrected chi connectivity index (χ3v) is 3.11. The molecule has 0 radical (unpaired) electrons. The maximum atomic E-state index is 12.2. The Morgan fingerprint density at radius 1 is 1.13 bits per heavy atom. The highest BCUT2D eigenvalue weighted by atomic mass is 16.6. The zero-order valence-electron chi connectivity index (χ0n) is 12.6. The molecule has 0 heterocycles. The summed E-state index contributed by atoms with van der Waals surface area (Å²) in [7, 11) is 2.89.